The summed E-state index contributed by atoms with van der Waals surface area (Å²) in [5, 5.41) is 8.47. The molecule has 24 heavy (non-hydrogen) atoms. The smallest absolute Gasteiger partial charge is 0.180 e. The van der Waals surface area contributed by atoms with Crippen LogP contribution in [0.25, 0.3) is 0 Å². The van der Waals surface area contributed by atoms with Crippen LogP contribution in [0.15, 0.2) is 64.8 Å². The summed E-state index contributed by atoms with van der Waals surface area (Å²) in [6.45, 7) is 1.07. The van der Waals surface area contributed by atoms with Crippen LogP contribution in [-0.2, 0) is 10.5 Å². The highest BCUT2D eigenvalue weighted by Crippen LogP contribution is 2.13. The van der Waals surface area contributed by atoms with Gasteiger partial charge in [-0.15, -0.1) is 5.10 Å². The monoisotopic (exact) mass is 343 g/mol. The van der Waals surface area contributed by atoms with Crippen molar-refractivity contribution in [3.63, 3.8) is 0 Å². The third-order valence-electron chi connectivity index (χ3n) is 3.01. The summed E-state index contributed by atoms with van der Waals surface area (Å²) in [6, 6.07) is 17.7. The molecule has 0 amide bonds. The molecule has 0 atom stereocenters. The lowest BCUT2D eigenvalue weighted by molar-refractivity contribution is 0.146. The first-order chi connectivity index (χ1) is 11.8. The Hall–Kier alpha value is -2.31. The van der Waals surface area contributed by atoms with E-state index < -0.39 is 0 Å². The number of nitrogens with zero attached hydrogens (tertiary/aromatic N) is 2. The zero-order valence-electron chi connectivity index (χ0n) is 13.6. The fraction of sp³-hybridized carbons (Fsp3) is 0.222. The highest BCUT2D eigenvalue weighted by Gasteiger charge is 1.97. The molecule has 0 aliphatic rings. The van der Waals surface area contributed by atoms with E-state index in [4.69, 9.17) is 15.2 Å². The molecule has 6 heteroatoms. The summed E-state index contributed by atoms with van der Waals surface area (Å²) in [5.41, 5.74) is 7.95. The molecule has 0 fully saturated rings. The van der Waals surface area contributed by atoms with Crippen molar-refractivity contribution in [2.75, 3.05) is 20.3 Å². The molecule has 0 heterocycles. The average Bonchev–Trinajstić information content (AvgIpc) is 2.61. The molecule has 0 unspecified atom stereocenters. The molecule has 2 N–H and O–H groups in total. The van der Waals surface area contributed by atoms with Crippen molar-refractivity contribution < 1.29 is 9.47 Å². The van der Waals surface area contributed by atoms with E-state index in [1.54, 1.807) is 13.3 Å². The maximum Gasteiger partial charge on any atom is 0.180 e. The largest absolute Gasteiger partial charge is 0.491 e. The lowest BCUT2D eigenvalue weighted by Crippen LogP contribution is -2.06. The van der Waals surface area contributed by atoms with Gasteiger partial charge in [0.1, 0.15) is 12.4 Å². The highest BCUT2D eigenvalue weighted by atomic mass is 32.2. The minimum atomic E-state index is 0.433. The maximum absolute atomic E-state index is 5.86. The Labute approximate surface area is 146 Å². The second-order valence-corrected chi connectivity index (χ2v) is 5.87. The van der Waals surface area contributed by atoms with Gasteiger partial charge >= 0.3 is 0 Å². The van der Waals surface area contributed by atoms with Crippen LogP contribution in [0.5, 0.6) is 5.75 Å². The molecule has 126 valence electrons. The molecule has 0 aliphatic carbocycles. The van der Waals surface area contributed by atoms with E-state index in [1.807, 2.05) is 42.5 Å². The quantitative estimate of drug-likeness (QED) is 0.346. The van der Waals surface area contributed by atoms with Crippen molar-refractivity contribution in [2.24, 2.45) is 15.9 Å². The predicted octanol–water partition coefficient (Wildman–Crippen LogP) is 3.29. The molecule has 5 nitrogen and oxygen atoms in total. The third-order valence-corrected chi connectivity index (χ3v) is 3.86. The first-order valence-electron chi connectivity index (χ1n) is 7.53. The van der Waals surface area contributed by atoms with Gasteiger partial charge in [0.15, 0.2) is 5.17 Å². The van der Waals surface area contributed by atoms with Crippen molar-refractivity contribution in [2.45, 2.75) is 5.75 Å². The summed E-state index contributed by atoms with van der Waals surface area (Å²) >= 11 is 1.46. The van der Waals surface area contributed by atoms with Crippen LogP contribution < -0.4 is 10.5 Å². The lowest BCUT2D eigenvalue weighted by Gasteiger charge is -2.05. The van der Waals surface area contributed by atoms with Crippen molar-refractivity contribution >= 4 is 23.1 Å². The highest BCUT2D eigenvalue weighted by molar-refractivity contribution is 8.13. The Kier molecular flexibility index (Phi) is 7.86. The van der Waals surface area contributed by atoms with Gasteiger partial charge in [-0.05, 0) is 23.3 Å². The SMILES string of the molecule is COCCOc1cccc(C=NN=C(N)SCc2ccccc2)c1. The fourth-order valence-corrected chi connectivity index (χ4v) is 2.45. The topological polar surface area (TPSA) is 69.2 Å². The Morgan fingerprint density at radius 1 is 1.12 bits per heavy atom. The van der Waals surface area contributed by atoms with Gasteiger partial charge in [-0.3, -0.25) is 0 Å². The number of methoxy groups -OCH3 is 1. The van der Waals surface area contributed by atoms with E-state index in [2.05, 4.69) is 22.3 Å². The van der Waals surface area contributed by atoms with Gasteiger partial charge in [0, 0.05) is 12.9 Å². The van der Waals surface area contributed by atoms with E-state index in [0.29, 0.717) is 18.4 Å². The van der Waals surface area contributed by atoms with Crippen LogP contribution in [0.1, 0.15) is 11.1 Å². The molecule has 2 rings (SSSR count). The van der Waals surface area contributed by atoms with Gasteiger partial charge in [-0.25, -0.2) is 0 Å². The van der Waals surface area contributed by atoms with E-state index in [9.17, 15) is 0 Å². The molecule has 0 radical (unpaired) electrons. The number of rotatable bonds is 8. The van der Waals surface area contributed by atoms with Gasteiger partial charge in [0.2, 0.25) is 0 Å². The third kappa shape index (κ3) is 6.85. The Balaban J connectivity index is 1.84. The van der Waals surface area contributed by atoms with Gasteiger partial charge in [-0.1, -0.05) is 54.2 Å². The Bertz CT molecular complexity index is 675. The summed E-state index contributed by atoms with van der Waals surface area (Å²) in [4.78, 5) is 0. The molecule has 0 bridgehead atoms. The number of nitrogens with two attached hydrogens (primary N) is 1. The minimum Gasteiger partial charge on any atom is -0.491 e. The second kappa shape index (κ2) is 10.5. The van der Waals surface area contributed by atoms with Gasteiger partial charge in [-0.2, -0.15) is 5.10 Å². The van der Waals surface area contributed by atoms with E-state index in [1.165, 1.54) is 17.3 Å². The van der Waals surface area contributed by atoms with Crippen LogP contribution in [0.2, 0.25) is 0 Å². The molecule has 0 spiro atoms. The molecule has 0 aliphatic heterocycles. The first-order valence-corrected chi connectivity index (χ1v) is 8.51. The minimum absolute atomic E-state index is 0.433. The molecular weight excluding hydrogens is 322 g/mol. The molecule has 0 saturated heterocycles. The average molecular weight is 343 g/mol. The molecular formula is C18H21N3O2S. The number of hydrogen-bond acceptors (Lipinski definition) is 5. The van der Waals surface area contributed by atoms with E-state index in [-0.39, 0.29) is 0 Å². The van der Waals surface area contributed by atoms with Crippen LogP contribution in [0.3, 0.4) is 0 Å². The lowest BCUT2D eigenvalue weighted by atomic mass is 10.2. The molecule has 0 aromatic heterocycles. The fourth-order valence-electron chi connectivity index (χ4n) is 1.84. The standard InChI is InChI=1S/C18H21N3O2S/c1-22-10-11-23-17-9-5-8-16(12-17)13-20-21-18(19)24-14-15-6-3-2-4-7-15/h2-9,12-13H,10-11,14H2,1H3,(H2,19,21). The summed E-state index contributed by atoms with van der Waals surface area (Å²) in [6.07, 6.45) is 1.65. The van der Waals surface area contributed by atoms with Gasteiger partial charge in [0.25, 0.3) is 0 Å². The maximum atomic E-state index is 5.86. The Morgan fingerprint density at radius 3 is 2.75 bits per heavy atom. The number of amidine groups is 1. The van der Waals surface area contributed by atoms with Crippen molar-refractivity contribution in [3.05, 3.63) is 65.7 Å². The normalized spacial score (nSPS) is 11.8. The van der Waals surface area contributed by atoms with Crippen LogP contribution in [0.4, 0.5) is 0 Å². The van der Waals surface area contributed by atoms with Crippen LogP contribution >= 0.6 is 11.8 Å². The van der Waals surface area contributed by atoms with E-state index >= 15 is 0 Å². The second-order valence-electron chi connectivity index (χ2n) is 4.87. The van der Waals surface area contributed by atoms with Gasteiger partial charge in [0.05, 0.1) is 12.8 Å². The number of hydrogen-bond donors (Lipinski definition) is 1. The number of ether oxygens (including phenoxy) is 2. The molecule has 2 aromatic rings. The first kappa shape index (κ1) is 18.0. The summed E-state index contributed by atoms with van der Waals surface area (Å²) in [7, 11) is 1.64. The zero-order chi connectivity index (χ0) is 17.0. The van der Waals surface area contributed by atoms with Crippen LogP contribution in [0, 0.1) is 0 Å². The zero-order valence-corrected chi connectivity index (χ0v) is 14.4. The summed E-state index contributed by atoms with van der Waals surface area (Å²) in [5.74, 6) is 1.54. The molecule has 2 aromatic carbocycles. The summed E-state index contributed by atoms with van der Waals surface area (Å²) < 4.78 is 10.5. The Morgan fingerprint density at radius 2 is 1.96 bits per heavy atom. The van der Waals surface area contributed by atoms with E-state index in [0.717, 1.165) is 17.1 Å². The van der Waals surface area contributed by atoms with Crippen molar-refractivity contribution in [3.8, 4) is 5.75 Å². The van der Waals surface area contributed by atoms with Crippen molar-refractivity contribution in [1.82, 2.24) is 0 Å². The predicted molar refractivity (Wildman–Crippen MR) is 101 cm³/mol. The van der Waals surface area contributed by atoms with Crippen molar-refractivity contribution in [1.29, 1.82) is 0 Å². The number of benzene rings is 2. The van der Waals surface area contributed by atoms with Gasteiger partial charge < -0.3 is 15.2 Å². The van der Waals surface area contributed by atoms with Crippen LogP contribution in [-0.4, -0.2) is 31.7 Å². The molecule has 0 saturated carbocycles. The number of thioether (sulfide) groups is 1.